The van der Waals surface area contributed by atoms with Gasteiger partial charge in [-0.25, -0.2) is 9.18 Å². The molecule has 176 valence electrons. The van der Waals surface area contributed by atoms with Gasteiger partial charge in [0.1, 0.15) is 10.8 Å². The molecule has 0 fully saturated rings. The predicted octanol–water partition coefficient (Wildman–Crippen LogP) is 3.61. The highest BCUT2D eigenvalue weighted by Gasteiger charge is 2.28. The molecule has 4 rings (SSSR count). The zero-order valence-electron chi connectivity index (χ0n) is 18.2. The van der Waals surface area contributed by atoms with Gasteiger partial charge in [0.15, 0.2) is 4.80 Å². The lowest BCUT2D eigenvalue weighted by molar-refractivity contribution is -0.115. The zero-order chi connectivity index (χ0) is 24.2. The van der Waals surface area contributed by atoms with Gasteiger partial charge in [-0.1, -0.05) is 17.3 Å². The number of carbonyl (C=O) groups is 3. The van der Waals surface area contributed by atoms with Crippen LogP contribution in [0.4, 0.5) is 9.39 Å². The molecule has 2 heterocycles. The molecule has 34 heavy (non-hydrogen) atoms. The zero-order valence-corrected chi connectivity index (χ0v) is 20.6. The van der Waals surface area contributed by atoms with Crippen molar-refractivity contribution >= 4 is 67.4 Å². The van der Waals surface area contributed by atoms with Crippen LogP contribution in [0.25, 0.3) is 10.2 Å². The number of benzene rings is 1. The van der Waals surface area contributed by atoms with E-state index in [4.69, 9.17) is 11.2 Å². The summed E-state index contributed by atoms with van der Waals surface area (Å²) in [5.41, 5.74) is 2.09. The summed E-state index contributed by atoms with van der Waals surface area (Å²) in [6.07, 6.45) is 8.09. The van der Waals surface area contributed by atoms with E-state index in [2.05, 4.69) is 16.2 Å². The molecule has 0 radical (unpaired) electrons. The van der Waals surface area contributed by atoms with Crippen molar-refractivity contribution in [3.8, 4) is 12.3 Å². The number of terminal acetylenes is 1. The minimum atomic E-state index is -0.458. The number of hydrogen-bond donors (Lipinski definition) is 1. The third-order valence-electron chi connectivity index (χ3n) is 5.14. The maximum Gasteiger partial charge on any atom is 0.341 e. The third kappa shape index (κ3) is 5.09. The number of halogens is 1. The van der Waals surface area contributed by atoms with E-state index in [1.807, 2.05) is 0 Å². The second-order valence-corrected chi connectivity index (χ2v) is 10.5. The molecule has 0 saturated carbocycles. The molecule has 0 bridgehead atoms. The van der Waals surface area contributed by atoms with Crippen molar-refractivity contribution in [3.63, 3.8) is 0 Å². The Hall–Kier alpha value is -2.94. The van der Waals surface area contributed by atoms with Gasteiger partial charge in [-0.15, -0.1) is 29.5 Å². The van der Waals surface area contributed by atoms with Crippen LogP contribution in [0.1, 0.15) is 27.2 Å². The van der Waals surface area contributed by atoms with Crippen LogP contribution in [0.3, 0.4) is 0 Å². The first kappa shape index (κ1) is 24.2. The fraction of sp³-hybridized carbons (Fsp3) is 0.304. The molecule has 0 atom stereocenters. The first-order valence-electron chi connectivity index (χ1n) is 10.3. The topological polar surface area (TPSA) is 89.8 Å². The number of fused-ring (bicyclic) bond motifs is 2. The smallest absolute Gasteiger partial charge is 0.341 e. The minimum Gasteiger partial charge on any atom is -0.465 e. The number of amides is 2. The number of esters is 1. The number of anilines is 1. The minimum absolute atomic E-state index is 0.0170. The van der Waals surface area contributed by atoms with Gasteiger partial charge in [-0.2, -0.15) is 4.99 Å². The van der Waals surface area contributed by atoms with Crippen LogP contribution >= 0.6 is 34.4 Å². The number of thiazole rings is 1. The van der Waals surface area contributed by atoms with E-state index in [-0.39, 0.29) is 29.8 Å². The normalized spacial score (nSPS) is 13.0. The van der Waals surface area contributed by atoms with Crippen molar-refractivity contribution < 1.29 is 23.5 Å². The maximum atomic E-state index is 13.6. The molecule has 0 aliphatic heterocycles. The van der Waals surface area contributed by atoms with Crippen LogP contribution in [0.2, 0.25) is 0 Å². The highest BCUT2D eigenvalue weighted by atomic mass is 32.2. The Morgan fingerprint density at radius 2 is 2.12 bits per heavy atom. The second kappa shape index (κ2) is 10.5. The number of ether oxygens (including phenoxy) is 1. The molecule has 0 unspecified atom stereocenters. The average Bonchev–Trinajstić information content (AvgIpc) is 3.46. The summed E-state index contributed by atoms with van der Waals surface area (Å²) in [5.74, 6) is 0.933. The monoisotopic (exact) mass is 517 g/mol. The molecule has 2 amide bonds. The fourth-order valence-electron chi connectivity index (χ4n) is 3.72. The van der Waals surface area contributed by atoms with E-state index in [9.17, 15) is 18.8 Å². The Bertz CT molecular complexity index is 1400. The lowest BCUT2D eigenvalue weighted by Crippen LogP contribution is -2.19. The number of thiophene rings is 1. The maximum absolute atomic E-state index is 13.6. The predicted molar refractivity (Wildman–Crippen MR) is 133 cm³/mol. The van der Waals surface area contributed by atoms with E-state index in [0.717, 1.165) is 41.5 Å². The van der Waals surface area contributed by atoms with Crippen LogP contribution in [0, 0.1) is 18.2 Å². The molecule has 2 aromatic heterocycles. The average molecular weight is 518 g/mol. The molecule has 0 saturated heterocycles. The van der Waals surface area contributed by atoms with Gasteiger partial charge in [-0.3, -0.25) is 9.59 Å². The number of carbonyl (C=O) groups excluding carboxylic acids is 3. The Morgan fingerprint density at radius 1 is 1.29 bits per heavy atom. The molecule has 1 N–H and O–H groups in total. The summed E-state index contributed by atoms with van der Waals surface area (Å²) in [4.78, 5) is 42.7. The molecular weight excluding hydrogens is 497 g/mol. The number of nitrogens with zero attached hydrogens (tertiary/aromatic N) is 2. The van der Waals surface area contributed by atoms with Crippen molar-refractivity contribution in [1.29, 1.82) is 0 Å². The van der Waals surface area contributed by atoms with Gasteiger partial charge in [0.2, 0.25) is 5.91 Å². The van der Waals surface area contributed by atoms with Crippen LogP contribution in [0.5, 0.6) is 0 Å². The van der Waals surface area contributed by atoms with Crippen molar-refractivity contribution in [3.05, 3.63) is 44.8 Å². The standard InChI is InChI=1S/C23H20FN3O4S3/c1-3-9-27-15-8-7-13(24)10-17(15)34-23(27)26-19(29)12-32-11-18(28)25-21-20(22(30)31-2)14-5-4-6-16(14)33-21/h1,7-8,10H,4-6,9,11-12H2,2H3,(H,25,28). The van der Waals surface area contributed by atoms with Gasteiger partial charge in [0.25, 0.3) is 5.91 Å². The number of thioether (sulfide) groups is 1. The lowest BCUT2D eigenvalue weighted by Gasteiger charge is -2.06. The Morgan fingerprint density at radius 3 is 2.88 bits per heavy atom. The van der Waals surface area contributed by atoms with Gasteiger partial charge >= 0.3 is 5.97 Å². The van der Waals surface area contributed by atoms with Gasteiger partial charge in [0.05, 0.1) is 40.9 Å². The number of hydrogen-bond acceptors (Lipinski definition) is 7. The SMILES string of the molecule is C#CCn1c(=NC(=O)CSCC(=O)Nc2sc3c(c2C(=O)OC)CCC3)sc2cc(F)ccc21. The largest absolute Gasteiger partial charge is 0.465 e. The van der Waals surface area contributed by atoms with Crippen LogP contribution < -0.4 is 10.1 Å². The van der Waals surface area contributed by atoms with Crippen LogP contribution in [-0.4, -0.2) is 41.0 Å². The Balaban J connectivity index is 1.40. The summed E-state index contributed by atoms with van der Waals surface area (Å²) in [7, 11) is 1.32. The number of aryl methyl sites for hydroxylation is 1. The molecule has 3 aromatic rings. The van der Waals surface area contributed by atoms with Gasteiger partial charge in [-0.05, 0) is 43.0 Å². The van der Waals surface area contributed by atoms with Crippen molar-refractivity contribution in [1.82, 2.24) is 4.57 Å². The first-order chi connectivity index (χ1) is 16.4. The first-order valence-corrected chi connectivity index (χ1v) is 13.1. The summed E-state index contributed by atoms with van der Waals surface area (Å²) in [5, 5.41) is 3.28. The van der Waals surface area contributed by atoms with E-state index < -0.39 is 11.9 Å². The number of methoxy groups -OCH3 is 1. The quantitative estimate of drug-likeness (QED) is 0.382. The summed E-state index contributed by atoms with van der Waals surface area (Å²) in [6.45, 7) is 0.195. The van der Waals surface area contributed by atoms with E-state index in [1.165, 1.54) is 41.9 Å². The highest BCUT2D eigenvalue weighted by Crippen LogP contribution is 2.39. The Labute approximate surface area is 207 Å². The summed E-state index contributed by atoms with van der Waals surface area (Å²) < 4.78 is 20.8. The number of rotatable bonds is 7. The van der Waals surface area contributed by atoms with Crippen molar-refractivity contribution in [2.24, 2.45) is 4.99 Å². The van der Waals surface area contributed by atoms with Crippen molar-refractivity contribution in [2.75, 3.05) is 23.9 Å². The van der Waals surface area contributed by atoms with Gasteiger partial charge < -0.3 is 14.6 Å². The molecule has 7 nitrogen and oxygen atoms in total. The van der Waals surface area contributed by atoms with E-state index in [1.54, 1.807) is 10.6 Å². The van der Waals surface area contributed by atoms with E-state index in [0.29, 0.717) is 25.6 Å². The molecular formula is C23H20FN3O4S3. The highest BCUT2D eigenvalue weighted by molar-refractivity contribution is 8.00. The molecule has 0 spiro atoms. The lowest BCUT2D eigenvalue weighted by atomic mass is 10.1. The number of nitrogens with one attached hydrogen (secondary N) is 1. The fourth-order valence-corrected chi connectivity index (χ4v) is 6.68. The Kier molecular flexibility index (Phi) is 7.50. The van der Waals surface area contributed by atoms with E-state index >= 15 is 0 Å². The molecule has 1 aliphatic carbocycles. The van der Waals surface area contributed by atoms with Crippen LogP contribution in [-0.2, 0) is 33.7 Å². The molecule has 1 aliphatic rings. The molecule has 11 heteroatoms. The summed E-state index contributed by atoms with van der Waals surface area (Å²) >= 11 is 3.69. The molecule has 1 aromatic carbocycles. The third-order valence-corrected chi connectivity index (χ3v) is 8.30. The van der Waals surface area contributed by atoms with Crippen LogP contribution in [0.15, 0.2) is 23.2 Å². The second-order valence-electron chi connectivity index (χ2n) is 7.39. The van der Waals surface area contributed by atoms with Gasteiger partial charge in [0, 0.05) is 4.88 Å². The van der Waals surface area contributed by atoms with Crippen molar-refractivity contribution in [2.45, 2.75) is 25.8 Å². The summed E-state index contributed by atoms with van der Waals surface area (Å²) in [6, 6.07) is 4.30. The number of aromatic nitrogens is 1.